The lowest BCUT2D eigenvalue weighted by Crippen LogP contribution is -2.50. The summed E-state index contributed by atoms with van der Waals surface area (Å²) in [6, 6.07) is 4.65. The number of sulfonamides is 1. The van der Waals surface area contributed by atoms with Gasteiger partial charge in [-0.15, -0.1) is 6.58 Å². The van der Waals surface area contributed by atoms with Gasteiger partial charge in [-0.2, -0.15) is 4.31 Å². The van der Waals surface area contributed by atoms with Gasteiger partial charge in [0.05, 0.1) is 16.4 Å². The van der Waals surface area contributed by atoms with Gasteiger partial charge in [0.25, 0.3) is 0 Å². The Bertz CT molecular complexity index is 833. The highest BCUT2D eigenvalue weighted by Crippen LogP contribution is 2.35. The van der Waals surface area contributed by atoms with Gasteiger partial charge in [0.2, 0.25) is 10.0 Å². The van der Waals surface area contributed by atoms with E-state index in [4.69, 9.17) is 11.6 Å². The Kier molecular flexibility index (Phi) is 4.97. The summed E-state index contributed by atoms with van der Waals surface area (Å²) in [7, 11) is -7.14. The smallest absolute Gasteiger partial charge is 0.229 e. The minimum Gasteiger partial charge on any atom is -0.229 e. The van der Waals surface area contributed by atoms with Crippen molar-refractivity contribution in [3.63, 3.8) is 0 Å². The Morgan fingerprint density at radius 3 is 2.61 bits per heavy atom. The molecule has 0 saturated carbocycles. The number of benzene rings is 1. The van der Waals surface area contributed by atoms with Gasteiger partial charge in [0.15, 0.2) is 9.84 Å². The molecular weight excluding hydrogens is 358 g/mol. The van der Waals surface area contributed by atoms with Crippen molar-refractivity contribution in [3.05, 3.63) is 41.4 Å². The molecular formula is C15H20ClNO4S2. The van der Waals surface area contributed by atoms with Crippen molar-refractivity contribution in [1.29, 1.82) is 0 Å². The van der Waals surface area contributed by atoms with E-state index < -0.39 is 25.4 Å². The number of hydrogen-bond donors (Lipinski definition) is 0. The van der Waals surface area contributed by atoms with E-state index >= 15 is 0 Å². The fourth-order valence-electron chi connectivity index (χ4n) is 2.89. The Hall–Kier alpha value is -0.890. The summed E-state index contributed by atoms with van der Waals surface area (Å²) >= 11 is 5.95. The molecule has 128 valence electrons. The van der Waals surface area contributed by atoms with Crippen LogP contribution in [0.25, 0.3) is 0 Å². The maximum absolute atomic E-state index is 13.1. The summed E-state index contributed by atoms with van der Waals surface area (Å²) in [4.78, 5) is 0.0948. The molecule has 0 N–H and O–H groups in total. The van der Waals surface area contributed by atoms with E-state index in [1.807, 2.05) is 0 Å². The minimum atomic E-state index is -3.90. The fraction of sp³-hybridized carbons (Fsp3) is 0.467. The quantitative estimate of drug-likeness (QED) is 0.738. The molecule has 1 saturated heterocycles. The van der Waals surface area contributed by atoms with Crippen LogP contribution in [-0.4, -0.2) is 44.7 Å². The lowest BCUT2D eigenvalue weighted by molar-refractivity contribution is 0.252. The van der Waals surface area contributed by atoms with Gasteiger partial charge < -0.3 is 0 Å². The molecule has 1 aromatic rings. The molecule has 1 heterocycles. The Morgan fingerprint density at radius 2 is 2.09 bits per heavy atom. The van der Waals surface area contributed by atoms with Gasteiger partial charge in [-0.25, -0.2) is 16.8 Å². The molecule has 0 spiro atoms. The average molecular weight is 378 g/mol. The highest BCUT2D eigenvalue weighted by Gasteiger charge is 2.47. The second-order valence-electron chi connectivity index (χ2n) is 6.07. The van der Waals surface area contributed by atoms with E-state index in [9.17, 15) is 16.8 Å². The average Bonchev–Trinajstić information content (AvgIpc) is 2.73. The molecule has 0 bridgehead atoms. The second kappa shape index (κ2) is 6.20. The summed E-state index contributed by atoms with van der Waals surface area (Å²) in [5.41, 5.74) is -0.423. The van der Waals surface area contributed by atoms with E-state index in [0.29, 0.717) is 10.6 Å². The molecule has 2 rings (SSSR count). The lowest BCUT2D eigenvalue weighted by atomic mass is 10.0. The van der Waals surface area contributed by atoms with Gasteiger partial charge in [0.1, 0.15) is 0 Å². The second-order valence-corrected chi connectivity index (χ2v) is 10.5. The van der Waals surface area contributed by atoms with E-state index in [1.54, 1.807) is 26.0 Å². The van der Waals surface area contributed by atoms with Gasteiger partial charge in [0, 0.05) is 17.1 Å². The molecule has 1 atom stereocenters. The summed E-state index contributed by atoms with van der Waals surface area (Å²) in [6.45, 7) is 7.00. The third-order valence-corrected chi connectivity index (χ3v) is 8.39. The molecule has 1 fully saturated rings. The first-order valence-electron chi connectivity index (χ1n) is 7.12. The van der Waals surface area contributed by atoms with Crippen LogP contribution < -0.4 is 0 Å². The molecule has 8 heteroatoms. The van der Waals surface area contributed by atoms with Gasteiger partial charge in [-0.3, -0.25) is 0 Å². The van der Waals surface area contributed by atoms with Gasteiger partial charge in [-0.1, -0.05) is 23.7 Å². The summed E-state index contributed by atoms with van der Waals surface area (Å²) in [6.07, 6.45) is 1.73. The lowest BCUT2D eigenvalue weighted by Gasteiger charge is -2.36. The number of nitrogens with zero attached hydrogens (tertiary/aromatic N) is 1. The largest absolute Gasteiger partial charge is 0.244 e. The molecule has 0 aliphatic carbocycles. The van der Waals surface area contributed by atoms with Crippen LogP contribution >= 0.6 is 11.6 Å². The van der Waals surface area contributed by atoms with Gasteiger partial charge >= 0.3 is 0 Å². The third kappa shape index (κ3) is 3.63. The first-order valence-corrected chi connectivity index (χ1v) is 10.8. The maximum Gasteiger partial charge on any atom is 0.244 e. The summed E-state index contributed by atoms with van der Waals surface area (Å²) in [5.74, 6) is -0.201. The molecule has 23 heavy (non-hydrogen) atoms. The molecule has 0 amide bonds. The molecule has 1 aliphatic heterocycles. The Morgan fingerprint density at radius 1 is 1.43 bits per heavy atom. The predicted octanol–water partition coefficient (Wildman–Crippen LogP) is 2.40. The predicted molar refractivity (Wildman–Crippen MR) is 92.0 cm³/mol. The normalized spacial score (nSPS) is 24.0. The van der Waals surface area contributed by atoms with Crippen molar-refractivity contribution in [2.45, 2.75) is 30.7 Å². The highest BCUT2D eigenvalue weighted by atomic mass is 35.5. The molecule has 0 unspecified atom stereocenters. The maximum atomic E-state index is 13.1. The third-order valence-electron chi connectivity index (χ3n) is 4.10. The van der Waals surface area contributed by atoms with Crippen molar-refractivity contribution in [1.82, 2.24) is 4.31 Å². The van der Waals surface area contributed by atoms with Crippen molar-refractivity contribution in [2.24, 2.45) is 0 Å². The number of aryl methyl sites for hydroxylation is 1. The standard InChI is InChI=1S/C15H20ClNO4S2/c1-4-8-17(15(3)7-9-22(18,19)11-15)23(20,21)14-10-13(16)6-5-12(14)2/h4-6,10H,1,7-9,11H2,2-3H3/t15-/m1/s1. The zero-order valence-corrected chi connectivity index (χ0v) is 15.5. The topological polar surface area (TPSA) is 71.5 Å². The molecule has 0 radical (unpaired) electrons. The molecule has 1 aliphatic rings. The van der Waals surface area contributed by atoms with Crippen molar-refractivity contribution in [3.8, 4) is 0 Å². The van der Waals surface area contributed by atoms with Crippen LogP contribution in [0.5, 0.6) is 0 Å². The fourth-order valence-corrected chi connectivity index (χ4v) is 7.37. The van der Waals surface area contributed by atoms with Crippen LogP contribution in [0.2, 0.25) is 5.02 Å². The van der Waals surface area contributed by atoms with E-state index in [2.05, 4.69) is 6.58 Å². The molecule has 0 aromatic heterocycles. The zero-order valence-electron chi connectivity index (χ0n) is 13.1. The van der Waals surface area contributed by atoms with Crippen LogP contribution in [0.1, 0.15) is 18.9 Å². The molecule has 1 aromatic carbocycles. The number of halogens is 1. The first-order chi connectivity index (χ1) is 10.5. The van der Waals surface area contributed by atoms with E-state index in [0.717, 1.165) is 0 Å². The Labute approximate surface area is 142 Å². The number of rotatable bonds is 5. The Balaban J connectivity index is 2.57. The molecule has 5 nitrogen and oxygen atoms in total. The van der Waals surface area contributed by atoms with E-state index in [-0.39, 0.29) is 29.4 Å². The van der Waals surface area contributed by atoms with Crippen molar-refractivity contribution >= 4 is 31.5 Å². The summed E-state index contributed by atoms with van der Waals surface area (Å²) < 4.78 is 51.2. The zero-order chi connectivity index (χ0) is 17.5. The van der Waals surface area contributed by atoms with Crippen molar-refractivity contribution in [2.75, 3.05) is 18.1 Å². The van der Waals surface area contributed by atoms with Crippen LogP contribution in [0, 0.1) is 6.92 Å². The van der Waals surface area contributed by atoms with Crippen LogP contribution in [0.4, 0.5) is 0 Å². The SMILES string of the molecule is C=CCN([C@]1(C)CCS(=O)(=O)C1)S(=O)(=O)c1cc(Cl)ccc1C. The number of sulfone groups is 1. The van der Waals surface area contributed by atoms with E-state index in [1.165, 1.54) is 16.4 Å². The monoisotopic (exact) mass is 377 g/mol. The van der Waals surface area contributed by atoms with Crippen molar-refractivity contribution < 1.29 is 16.8 Å². The van der Waals surface area contributed by atoms with Crippen LogP contribution in [0.3, 0.4) is 0 Å². The first kappa shape index (κ1) is 18.4. The van der Waals surface area contributed by atoms with Gasteiger partial charge in [-0.05, 0) is 38.0 Å². The minimum absolute atomic E-state index is 0.0127. The number of hydrogen-bond acceptors (Lipinski definition) is 4. The highest BCUT2D eigenvalue weighted by molar-refractivity contribution is 7.92. The van der Waals surface area contributed by atoms with Crippen LogP contribution in [-0.2, 0) is 19.9 Å². The van der Waals surface area contributed by atoms with Crippen LogP contribution in [0.15, 0.2) is 35.7 Å². The summed E-state index contributed by atoms with van der Waals surface area (Å²) in [5, 5.41) is 0.317.